The number of thiophene rings is 1. The lowest BCUT2D eigenvalue weighted by Gasteiger charge is -2.37. The molecule has 0 saturated heterocycles. The summed E-state index contributed by atoms with van der Waals surface area (Å²) in [7, 11) is 0. The van der Waals surface area contributed by atoms with Crippen molar-refractivity contribution in [2.24, 2.45) is 5.10 Å². The van der Waals surface area contributed by atoms with Crippen molar-refractivity contribution in [1.29, 1.82) is 0 Å². The van der Waals surface area contributed by atoms with Gasteiger partial charge in [0.15, 0.2) is 0 Å². The predicted molar refractivity (Wildman–Crippen MR) is 94.1 cm³/mol. The van der Waals surface area contributed by atoms with Gasteiger partial charge in [0.05, 0.1) is 16.6 Å². The van der Waals surface area contributed by atoms with Crippen molar-refractivity contribution in [3.63, 3.8) is 0 Å². The number of pyridine rings is 1. The number of hydrazone groups is 1. The summed E-state index contributed by atoms with van der Waals surface area (Å²) in [5, 5.41) is 9.07. The van der Waals surface area contributed by atoms with Crippen LogP contribution >= 0.6 is 11.3 Å². The third kappa shape index (κ3) is 2.12. The first-order valence-corrected chi connectivity index (χ1v) is 8.84. The van der Waals surface area contributed by atoms with Crippen molar-refractivity contribution in [2.45, 2.75) is 18.7 Å². The van der Waals surface area contributed by atoms with Gasteiger partial charge in [0.25, 0.3) is 0 Å². The van der Waals surface area contributed by atoms with Gasteiger partial charge in [0.1, 0.15) is 11.4 Å². The molecule has 0 aliphatic carbocycles. The number of rotatable bonds is 2. The largest absolute Gasteiger partial charge is 0.463 e. The normalized spacial score (nSPS) is 21.7. The number of benzene rings is 1. The van der Waals surface area contributed by atoms with Crippen LogP contribution in [0.2, 0.25) is 0 Å². The standard InChI is InChI=1S/C19H15N3OS/c1-2-8-17-13(6-1)16-12-15(18-9-5-11-24-18)21-22(16)19(23-17)14-7-3-4-10-20-14/h1-11,16,19H,12H2. The van der Waals surface area contributed by atoms with E-state index in [0.717, 1.165) is 23.6 Å². The summed E-state index contributed by atoms with van der Waals surface area (Å²) in [5.74, 6) is 0.928. The molecule has 2 aliphatic heterocycles. The second kappa shape index (κ2) is 5.46. The molecule has 4 heterocycles. The van der Waals surface area contributed by atoms with Crippen molar-refractivity contribution in [2.75, 3.05) is 0 Å². The molecule has 0 N–H and O–H groups in total. The number of nitrogens with zero attached hydrogens (tertiary/aromatic N) is 3. The van der Waals surface area contributed by atoms with E-state index >= 15 is 0 Å². The highest BCUT2D eigenvalue weighted by atomic mass is 32.1. The van der Waals surface area contributed by atoms with Crippen LogP contribution in [0.4, 0.5) is 0 Å². The number of hydrogen-bond donors (Lipinski definition) is 0. The van der Waals surface area contributed by atoms with Gasteiger partial charge in [-0.15, -0.1) is 11.3 Å². The van der Waals surface area contributed by atoms with Crippen LogP contribution in [0.15, 0.2) is 71.3 Å². The van der Waals surface area contributed by atoms with Gasteiger partial charge in [-0.3, -0.25) is 4.98 Å². The lowest BCUT2D eigenvalue weighted by Crippen LogP contribution is -2.34. The van der Waals surface area contributed by atoms with E-state index < -0.39 is 0 Å². The van der Waals surface area contributed by atoms with E-state index in [0.29, 0.717) is 0 Å². The van der Waals surface area contributed by atoms with E-state index in [2.05, 4.69) is 39.6 Å². The molecule has 5 rings (SSSR count). The molecule has 5 heteroatoms. The van der Waals surface area contributed by atoms with Crippen LogP contribution in [0, 0.1) is 0 Å². The molecule has 0 amide bonds. The molecular weight excluding hydrogens is 318 g/mol. The fourth-order valence-corrected chi connectivity index (χ4v) is 4.06. The Morgan fingerprint density at radius 1 is 1.04 bits per heavy atom. The van der Waals surface area contributed by atoms with Crippen LogP contribution in [0.1, 0.15) is 34.8 Å². The maximum atomic E-state index is 6.26. The van der Waals surface area contributed by atoms with Gasteiger partial charge in [-0.2, -0.15) is 5.10 Å². The Bertz CT molecular complexity index is 892. The van der Waals surface area contributed by atoms with Crippen LogP contribution in [0.25, 0.3) is 0 Å². The maximum absolute atomic E-state index is 6.26. The van der Waals surface area contributed by atoms with Crippen molar-refractivity contribution in [3.8, 4) is 5.75 Å². The zero-order valence-corrected chi connectivity index (χ0v) is 13.7. The minimum absolute atomic E-state index is 0.194. The Morgan fingerprint density at radius 2 is 1.96 bits per heavy atom. The molecule has 0 bridgehead atoms. The molecule has 4 nitrogen and oxygen atoms in total. The first-order chi connectivity index (χ1) is 11.9. The van der Waals surface area contributed by atoms with Gasteiger partial charge in [0, 0.05) is 18.2 Å². The quantitative estimate of drug-likeness (QED) is 0.698. The fraction of sp³-hybridized carbons (Fsp3) is 0.158. The highest BCUT2D eigenvalue weighted by molar-refractivity contribution is 7.12. The topological polar surface area (TPSA) is 37.7 Å². The lowest BCUT2D eigenvalue weighted by atomic mass is 9.98. The van der Waals surface area contributed by atoms with E-state index in [1.807, 2.05) is 30.3 Å². The molecule has 2 atom stereocenters. The summed E-state index contributed by atoms with van der Waals surface area (Å²) in [6, 6.07) is 18.5. The first kappa shape index (κ1) is 13.7. The lowest BCUT2D eigenvalue weighted by molar-refractivity contribution is -0.0218. The van der Waals surface area contributed by atoms with Crippen molar-refractivity contribution in [3.05, 3.63) is 82.3 Å². The fourth-order valence-electron chi connectivity index (χ4n) is 3.34. The monoisotopic (exact) mass is 333 g/mol. The van der Waals surface area contributed by atoms with Gasteiger partial charge in [-0.1, -0.05) is 30.3 Å². The van der Waals surface area contributed by atoms with Crippen LogP contribution in [0.5, 0.6) is 5.75 Å². The SMILES string of the molecule is c1ccc(C2Oc3ccccc3C3CC(c4cccs4)=NN32)nc1. The van der Waals surface area contributed by atoms with E-state index in [4.69, 9.17) is 9.84 Å². The van der Waals surface area contributed by atoms with Crippen molar-refractivity contribution in [1.82, 2.24) is 9.99 Å². The zero-order valence-electron chi connectivity index (χ0n) is 12.9. The van der Waals surface area contributed by atoms with Gasteiger partial charge in [0.2, 0.25) is 6.23 Å². The number of ether oxygens (including phenoxy) is 1. The molecule has 3 aromatic rings. The molecule has 24 heavy (non-hydrogen) atoms. The smallest absolute Gasteiger partial charge is 0.230 e. The summed E-state index contributed by atoms with van der Waals surface area (Å²) >= 11 is 1.73. The Kier molecular flexibility index (Phi) is 3.13. The summed E-state index contributed by atoms with van der Waals surface area (Å²) in [6.07, 6.45) is 2.40. The highest BCUT2D eigenvalue weighted by Gasteiger charge is 2.41. The number of aromatic nitrogens is 1. The minimum Gasteiger partial charge on any atom is -0.463 e. The Morgan fingerprint density at radius 3 is 2.79 bits per heavy atom. The maximum Gasteiger partial charge on any atom is 0.230 e. The van der Waals surface area contributed by atoms with Gasteiger partial charge >= 0.3 is 0 Å². The van der Waals surface area contributed by atoms with Crippen LogP contribution in [0.3, 0.4) is 0 Å². The molecule has 0 saturated carbocycles. The highest BCUT2D eigenvalue weighted by Crippen LogP contribution is 2.47. The van der Waals surface area contributed by atoms with Crippen molar-refractivity contribution < 1.29 is 4.74 Å². The summed E-state index contributed by atoms with van der Waals surface area (Å²) in [4.78, 5) is 5.71. The Labute approximate surface area is 144 Å². The van der Waals surface area contributed by atoms with E-state index in [9.17, 15) is 0 Å². The van der Waals surface area contributed by atoms with E-state index in [1.165, 1.54) is 10.4 Å². The summed E-state index contributed by atoms with van der Waals surface area (Å²) in [5.41, 5.74) is 3.20. The second-order valence-electron chi connectivity index (χ2n) is 5.89. The summed E-state index contributed by atoms with van der Waals surface area (Å²) < 4.78 is 6.26. The number of hydrogen-bond acceptors (Lipinski definition) is 5. The van der Waals surface area contributed by atoms with Crippen molar-refractivity contribution >= 4 is 17.0 Å². The molecular formula is C19H15N3OS. The van der Waals surface area contributed by atoms with Gasteiger partial charge < -0.3 is 4.74 Å². The summed E-state index contributed by atoms with van der Waals surface area (Å²) in [6.45, 7) is 0. The number of fused-ring (bicyclic) bond motifs is 3. The molecule has 0 fully saturated rings. The van der Waals surface area contributed by atoms with E-state index in [1.54, 1.807) is 17.5 Å². The average Bonchev–Trinajstić information content (AvgIpc) is 3.31. The molecule has 0 radical (unpaired) electrons. The molecule has 0 spiro atoms. The molecule has 2 aliphatic rings. The molecule has 2 aromatic heterocycles. The first-order valence-electron chi connectivity index (χ1n) is 7.96. The molecule has 2 unspecified atom stereocenters. The Balaban J connectivity index is 1.62. The second-order valence-corrected chi connectivity index (χ2v) is 6.83. The molecule has 1 aromatic carbocycles. The van der Waals surface area contributed by atoms with Crippen LogP contribution in [-0.2, 0) is 0 Å². The Hall–Kier alpha value is -2.66. The molecule has 118 valence electrons. The number of para-hydroxylation sites is 1. The third-order valence-electron chi connectivity index (χ3n) is 4.45. The van der Waals surface area contributed by atoms with E-state index in [-0.39, 0.29) is 12.3 Å². The van der Waals surface area contributed by atoms with Crippen LogP contribution in [-0.4, -0.2) is 15.7 Å². The average molecular weight is 333 g/mol. The van der Waals surface area contributed by atoms with Gasteiger partial charge in [-0.05, 0) is 29.6 Å². The third-order valence-corrected chi connectivity index (χ3v) is 5.36. The zero-order chi connectivity index (χ0) is 15.9. The van der Waals surface area contributed by atoms with Crippen LogP contribution < -0.4 is 4.74 Å². The predicted octanol–water partition coefficient (Wildman–Crippen LogP) is 4.39. The minimum atomic E-state index is -0.288. The van der Waals surface area contributed by atoms with Gasteiger partial charge in [-0.25, -0.2) is 5.01 Å².